The molecule has 0 N–H and O–H groups in total. The van der Waals surface area contributed by atoms with Crippen molar-refractivity contribution in [2.24, 2.45) is 0 Å². The molecule has 2 rings (SSSR count). The third-order valence-corrected chi connectivity index (χ3v) is 3.48. The van der Waals surface area contributed by atoms with Crippen LogP contribution in [0.25, 0.3) is 17.5 Å². The van der Waals surface area contributed by atoms with Crippen LogP contribution in [0.5, 0.6) is 0 Å². The summed E-state index contributed by atoms with van der Waals surface area (Å²) in [6, 6.07) is 6.14. The highest BCUT2D eigenvalue weighted by atomic mass is 16.6. The van der Waals surface area contributed by atoms with Gasteiger partial charge in [-0.25, -0.2) is 9.97 Å². The molecule has 1 amide bonds. The van der Waals surface area contributed by atoms with E-state index in [9.17, 15) is 14.9 Å². The minimum absolute atomic E-state index is 0.00936. The van der Waals surface area contributed by atoms with E-state index in [2.05, 4.69) is 9.97 Å². The standard InChI is InChI=1S/C17H18N4O3/c1-3-20(4-2)16(22)9-8-13-11-18-17(19-12-13)14-6-5-7-15(10-14)21(23)24/h5-12H,3-4H2,1-2H3/b9-8+. The van der Waals surface area contributed by atoms with Gasteiger partial charge in [0.05, 0.1) is 4.92 Å². The molecule has 0 saturated carbocycles. The zero-order chi connectivity index (χ0) is 17.5. The maximum Gasteiger partial charge on any atom is 0.270 e. The van der Waals surface area contributed by atoms with E-state index in [0.717, 1.165) is 0 Å². The topological polar surface area (TPSA) is 89.2 Å². The zero-order valence-corrected chi connectivity index (χ0v) is 13.5. The van der Waals surface area contributed by atoms with Gasteiger partial charge in [0, 0.05) is 54.8 Å². The summed E-state index contributed by atoms with van der Waals surface area (Å²) in [5.41, 5.74) is 1.24. The molecule has 1 aromatic carbocycles. The Labute approximate surface area is 139 Å². The number of aromatic nitrogens is 2. The lowest BCUT2D eigenvalue weighted by Gasteiger charge is -2.15. The SMILES string of the molecule is CCN(CC)C(=O)/C=C/c1cnc(-c2cccc([N+](=O)[O-])c2)nc1. The molecule has 2 aromatic rings. The average molecular weight is 326 g/mol. The molecule has 0 unspecified atom stereocenters. The summed E-state index contributed by atoms with van der Waals surface area (Å²) in [6.07, 6.45) is 6.29. The smallest absolute Gasteiger partial charge is 0.270 e. The number of hydrogen-bond acceptors (Lipinski definition) is 5. The molecular weight excluding hydrogens is 308 g/mol. The van der Waals surface area contributed by atoms with E-state index in [1.54, 1.807) is 35.5 Å². The van der Waals surface area contributed by atoms with Crippen LogP contribution in [-0.4, -0.2) is 38.8 Å². The lowest BCUT2D eigenvalue weighted by Crippen LogP contribution is -2.28. The van der Waals surface area contributed by atoms with Gasteiger partial charge in [0.25, 0.3) is 5.69 Å². The van der Waals surface area contributed by atoms with Crippen molar-refractivity contribution in [3.63, 3.8) is 0 Å². The highest BCUT2D eigenvalue weighted by molar-refractivity contribution is 5.91. The highest BCUT2D eigenvalue weighted by Gasteiger charge is 2.09. The van der Waals surface area contributed by atoms with Crippen LogP contribution in [-0.2, 0) is 4.79 Å². The van der Waals surface area contributed by atoms with Gasteiger partial charge in [0.15, 0.2) is 5.82 Å². The molecule has 0 radical (unpaired) electrons. The first-order chi connectivity index (χ1) is 11.5. The van der Waals surface area contributed by atoms with E-state index in [4.69, 9.17) is 0 Å². The molecule has 0 atom stereocenters. The molecular formula is C17H18N4O3. The first-order valence-electron chi connectivity index (χ1n) is 7.59. The Hall–Kier alpha value is -3.09. The van der Waals surface area contributed by atoms with Gasteiger partial charge in [-0.2, -0.15) is 0 Å². The Balaban J connectivity index is 2.15. The summed E-state index contributed by atoms with van der Waals surface area (Å²) in [6.45, 7) is 5.15. The molecule has 0 bridgehead atoms. The number of amides is 1. The fourth-order valence-corrected chi connectivity index (χ4v) is 2.14. The van der Waals surface area contributed by atoms with Gasteiger partial charge in [0.1, 0.15) is 0 Å². The molecule has 1 heterocycles. The maximum absolute atomic E-state index is 11.9. The van der Waals surface area contributed by atoms with Crippen LogP contribution >= 0.6 is 0 Å². The quantitative estimate of drug-likeness (QED) is 0.462. The number of likely N-dealkylation sites (N-methyl/N-ethyl adjacent to an activating group) is 1. The summed E-state index contributed by atoms with van der Waals surface area (Å²) in [7, 11) is 0. The normalized spacial score (nSPS) is 10.8. The van der Waals surface area contributed by atoms with Crippen molar-refractivity contribution in [1.29, 1.82) is 0 Å². The molecule has 24 heavy (non-hydrogen) atoms. The third kappa shape index (κ3) is 4.22. The van der Waals surface area contributed by atoms with Crippen molar-refractivity contribution in [3.8, 4) is 11.4 Å². The Bertz CT molecular complexity index is 753. The predicted molar refractivity (Wildman–Crippen MR) is 91.1 cm³/mol. The fourth-order valence-electron chi connectivity index (χ4n) is 2.14. The van der Waals surface area contributed by atoms with Crippen LogP contribution in [0, 0.1) is 10.1 Å². The number of rotatable bonds is 6. The van der Waals surface area contributed by atoms with E-state index in [0.29, 0.717) is 30.0 Å². The van der Waals surface area contributed by atoms with Crippen LogP contribution in [0.4, 0.5) is 5.69 Å². The number of carbonyl (C=O) groups excluding carboxylic acids is 1. The number of hydrogen-bond donors (Lipinski definition) is 0. The van der Waals surface area contributed by atoms with E-state index < -0.39 is 4.92 Å². The maximum atomic E-state index is 11.9. The monoisotopic (exact) mass is 326 g/mol. The molecule has 124 valence electrons. The van der Waals surface area contributed by atoms with Crippen LogP contribution in [0.1, 0.15) is 19.4 Å². The first-order valence-corrected chi connectivity index (χ1v) is 7.59. The Morgan fingerprint density at radius 1 is 1.25 bits per heavy atom. The summed E-state index contributed by atoms with van der Waals surface area (Å²) >= 11 is 0. The molecule has 1 aromatic heterocycles. The second-order valence-electron chi connectivity index (χ2n) is 4.99. The molecule has 0 fully saturated rings. The second kappa shape index (κ2) is 7.96. The Morgan fingerprint density at radius 2 is 1.92 bits per heavy atom. The van der Waals surface area contributed by atoms with Crippen molar-refractivity contribution in [3.05, 3.63) is 58.4 Å². The first kappa shape index (κ1) is 17.3. The molecule has 0 aliphatic rings. The summed E-state index contributed by atoms with van der Waals surface area (Å²) in [5, 5.41) is 10.8. The van der Waals surface area contributed by atoms with Crippen molar-refractivity contribution < 1.29 is 9.72 Å². The Morgan fingerprint density at radius 3 is 2.50 bits per heavy atom. The van der Waals surface area contributed by atoms with E-state index in [-0.39, 0.29) is 11.6 Å². The van der Waals surface area contributed by atoms with Crippen molar-refractivity contribution >= 4 is 17.7 Å². The van der Waals surface area contributed by atoms with Crippen LogP contribution in [0.15, 0.2) is 42.7 Å². The number of nitro benzene ring substituents is 1. The van der Waals surface area contributed by atoms with Crippen LogP contribution < -0.4 is 0 Å². The van der Waals surface area contributed by atoms with Gasteiger partial charge in [0.2, 0.25) is 5.91 Å². The minimum atomic E-state index is -0.459. The lowest BCUT2D eigenvalue weighted by atomic mass is 10.2. The second-order valence-corrected chi connectivity index (χ2v) is 4.99. The molecule has 0 spiro atoms. The van der Waals surface area contributed by atoms with E-state index >= 15 is 0 Å². The third-order valence-electron chi connectivity index (χ3n) is 3.48. The van der Waals surface area contributed by atoms with Gasteiger partial charge in [-0.1, -0.05) is 12.1 Å². The number of nitro groups is 1. The predicted octanol–water partition coefficient (Wildman–Crippen LogP) is 2.93. The largest absolute Gasteiger partial charge is 0.340 e. The van der Waals surface area contributed by atoms with E-state index in [1.165, 1.54) is 18.2 Å². The average Bonchev–Trinajstić information content (AvgIpc) is 2.61. The van der Waals surface area contributed by atoms with E-state index in [1.807, 2.05) is 13.8 Å². The summed E-state index contributed by atoms with van der Waals surface area (Å²) in [4.78, 5) is 32.4. The molecule has 7 nitrogen and oxygen atoms in total. The van der Waals surface area contributed by atoms with Gasteiger partial charge < -0.3 is 4.90 Å². The van der Waals surface area contributed by atoms with Gasteiger partial charge >= 0.3 is 0 Å². The number of carbonyl (C=O) groups is 1. The van der Waals surface area contributed by atoms with Gasteiger partial charge in [-0.15, -0.1) is 0 Å². The summed E-state index contributed by atoms with van der Waals surface area (Å²) < 4.78 is 0. The molecule has 7 heteroatoms. The van der Waals surface area contributed by atoms with Crippen molar-refractivity contribution in [1.82, 2.24) is 14.9 Å². The van der Waals surface area contributed by atoms with Crippen LogP contribution in [0.3, 0.4) is 0 Å². The lowest BCUT2D eigenvalue weighted by molar-refractivity contribution is -0.384. The fraction of sp³-hybridized carbons (Fsp3) is 0.235. The minimum Gasteiger partial charge on any atom is -0.340 e. The number of nitrogens with zero attached hydrogens (tertiary/aromatic N) is 4. The number of benzene rings is 1. The van der Waals surface area contributed by atoms with Gasteiger partial charge in [-0.05, 0) is 19.9 Å². The van der Waals surface area contributed by atoms with Gasteiger partial charge in [-0.3, -0.25) is 14.9 Å². The number of non-ortho nitro benzene ring substituents is 1. The zero-order valence-electron chi connectivity index (χ0n) is 13.5. The van der Waals surface area contributed by atoms with Crippen LogP contribution in [0.2, 0.25) is 0 Å². The molecule has 0 aliphatic carbocycles. The molecule has 0 saturated heterocycles. The van der Waals surface area contributed by atoms with Crippen molar-refractivity contribution in [2.75, 3.05) is 13.1 Å². The highest BCUT2D eigenvalue weighted by Crippen LogP contribution is 2.20. The molecule has 0 aliphatic heterocycles. The summed E-state index contributed by atoms with van der Waals surface area (Å²) in [5.74, 6) is 0.327. The Kier molecular flexibility index (Phi) is 5.73. The van der Waals surface area contributed by atoms with Crippen molar-refractivity contribution in [2.45, 2.75) is 13.8 Å².